The van der Waals surface area contributed by atoms with Gasteiger partial charge in [-0.25, -0.2) is 4.79 Å². The Labute approximate surface area is 109 Å². The lowest BCUT2D eigenvalue weighted by Gasteiger charge is -2.27. The van der Waals surface area contributed by atoms with Crippen LogP contribution < -0.4 is 0 Å². The maximum absolute atomic E-state index is 11.9. The van der Waals surface area contributed by atoms with Crippen LogP contribution in [-0.4, -0.2) is 40.8 Å². The monoisotopic (exact) mass is 259 g/mol. The van der Waals surface area contributed by atoms with E-state index in [0.717, 1.165) is 19.3 Å². The van der Waals surface area contributed by atoms with Crippen molar-refractivity contribution in [2.45, 2.75) is 59.0 Å². The molecule has 0 aromatic rings. The standard InChI is InChI=1S/C13H25NO4/c1-5-6-7-9-14(10-8-11(15)16)12(17)18-13(2,3)4/h5-10H2,1-4H3,(H,15,16). The molecule has 0 aromatic carbocycles. The van der Waals surface area contributed by atoms with Gasteiger partial charge in [0.1, 0.15) is 5.60 Å². The fraction of sp³-hybridized carbons (Fsp3) is 0.846. The van der Waals surface area contributed by atoms with E-state index in [0.29, 0.717) is 6.54 Å². The summed E-state index contributed by atoms with van der Waals surface area (Å²) in [5, 5.41) is 8.67. The second kappa shape index (κ2) is 7.95. The highest BCUT2D eigenvalue weighted by Crippen LogP contribution is 2.11. The van der Waals surface area contributed by atoms with E-state index < -0.39 is 17.7 Å². The summed E-state index contributed by atoms with van der Waals surface area (Å²) in [7, 11) is 0. The molecule has 5 nitrogen and oxygen atoms in total. The van der Waals surface area contributed by atoms with E-state index in [4.69, 9.17) is 9.84 Å². The van der Waals surface area contributed by atoms with E-state index in [-0.39, 0.29) is 13.0 Å². The van der Waals surface area contributed by atoms with Crippen LogP contribution in [0.15, 0.2) is 0 Å². The molecule has 0 radical (unpaired) electrons. The SMILES string of the molecule is CCCCCN(CCC(=O)O)C(=O)OC(C)(C)C. The lowest BCUT2D eigenvalue weighted by molar-refractivity contribution is -0.137. The molecule has 0 aliphatic rings. The molecule has 0 saturated carbocycles. The fourth-order valence-corrected chi connectivity index (χ4v) is 1.40. The molecular weight excluding hydrogens is 234 g/mol. The maximum Gasteiger partial charge on any atom is 0.410 e. The van der Waals surface area contributed by atoms with E-state index >= 15 is 0 Å². The number of rotatable bonds is 7. The zero-order valence-electron chi connectivity index (χ0n) is 11.9. The van der Waals surface area contributed by atoms with Gasteiger partial charge in [-0.1, -0.05) is 19.8 Å². The van der Waals surface area contributed by atoms with Gasteiger partial charge in [-0.3, -0.25) is 4.79 Å². The van der Waals surface area contributed by atoms with E-state index in [1.807, 2.05) is 0 Å². The molecule has 0 aliphatic heterocycles. The van der Waals surface area contributed by atoms with Crippen LogP contribution in [0.2, 0.25) is 0 Å². The van der Waals surface area contributed by atoms with Crippen LogP contribution in [0.25, 0.3) is 0 Å². The molecule has 5 heteroatoms. The van der Waals surface area contributed by atoms with Gasteiger partial charge in [0.2, 0.25) is 0 Å². The van der Waals surface area contributed by atoms with Crippen LogP contribution in [0, 0.1) is 0 Å². The first-order chi connectivity index (χ1) is 8.26. The highest BCUT2D eigenvalue weighted by atomic mass is 16.6. The molecule has 0 heterocycles. The van der Waals surface area contributed by atoms with E-state index in [2.05, 4.69) is 6.92 Å². The smallest absolute Gasteiger partial charge is 0.410 e. The summed E-state index contributed by atoms with van der Waals surface area (Å²) in [5.74, 6) is -0.904. The summed E-state index contributed by atoms with van der Waals surface area (Å²) in [6.07, 6.45) is 2.47. The first-order valence-corrected chi connectivity index (χ1v) is 6.46. The molecule has 0 bridgehead atoms. The van der Waals surface area contributed by atoms with Crippen LogP contribution in [0.3, 0.4) is 0 Å². The number of carboxylic acids is 1. The summed E-state index contributed by atoms with van der Waals surface area (Å²) in [6, 6.07) is 0. The number of hydrogen-bond acceptors (Lipinski definition) is 3. The number of carbonyl (C=O) groups is 2. The number of carbonyl (C=O) groups excluding carboxylic acids is 1. The van der Waals surface area contributed by atoms with E-state index in [1.165, 1.54) is 4.90 Å². The molecule has 0 spiro atoms. The van der Waals surface area contributed by atoms with Crippen LogP contribution in [0.4, 0.5) is 4.79 Å². The largest absolute Gasteiger partial charge is 0.481 e. The topological polar surface area (TPSA) is 66.8 Å². The van der Waals surface area contributed by atoms with Crippen molar-refractivity contribution in [1.29, 1.82) is 0 Å². The number of hydrogen-bond donors (Lipinski definition) is 1. The van der Waals surface area contributed by atoms with Crippen molar-refractivity contribution in [2.75, 3.05) is 13.1 Å². The van der Waals surface area contributed by atoms with Crippen LogP contribution in [-0.2, 0) is 9.53 Å². The Morgan fingerprint density at radius 1 is 1.17 bits per heavy atom. The van der Waals surface area contributed by atoms with Gasteiger partial charge in [-0.2, -0.15) is 0 Å². The lowest BCUT2D eigenvalue weighted by Crippen LogP contribution is -2.38. The number of aliphatic carboxylic acids is 1. The summed E-state index contributed by atoms with van der Waals surface area (Å²) in [4.78, 5) is 23.9. The van der Waals surface area contributed by atoms with Gasteiger partial charge in [0, 0.05) is 13.1 Å². The first kappa shape index (κ1) is 16.7. The summed E-state index contributed by atoms with van der Waals surface area (Å²) in [5.41, 5.74) is -0.552. The minimum absolute atomic E-state index is 0.0502. The Hall–Kier alpha value is -1.26. The van der Waals surface area contributed by atoms with Crippen molar-refractivity contribution in [3.05, 3.63) is 0 Å². The third-order valence-corrected chi connectivity index (χ3v) is 2.28. The number of amides is 1. The normalized spacial score (nSPS) is 11.1. The third-order valence-electron chi connectivity index (χ3n) is 2.28. The predicted octanol–water partition coefficient (Wildman–Crippen LogP) is 2.89. The molecule has 1 amide bonds. The highest BCUT2D eigenvalue weighted by molar-refractivity contribution is 5.70. The van der Waals surface area contributed by atoms with Crippen molar-refractivity contribution in [3.63, 3.8) is 0 Å². The molecule has 1 N–H and O–H groups in total. The Morgan fingerprint density at radius 2 is 1.78 bits per heavy atom. The van der Waals surface area contributed by atoms with Crippen molar-refractivity contribution in [2.24, 2.45) is 0 Å². The summed E-state index contributed by atoms with van der Waals surface area (Å²) >= 11 is 0. The molecule has 0 atom stereocenters. The maximum atomic E-state index is 11.9. The molecule has 106 valence electrons. The zero-order chi connectivity index (χ0) is 14.2. The highest BCUT2D eigenvalue weighted by Gasteiger charge is 2.22. The van der Waals surface area contributed by atoms with Crippen molar-refractivity contribution in [1.82, 2.24) is 4.90 Å². The van der Waals surface area contributed by atoms with Crippen LogP contribution in [0.1, 0.15) is 53.4 Å². The Kier molecular flexibility index (Phi) is 7.39. The van der Waals surface area contributed by atoms with Crippen molar-refractivity contribution >= 4 is 12.1 Å². The van der Waals surface area contributed by atoms with Crippen molar-refractivity contribution < 1.29 is 19.4 Å². The van der Waals surface area contributed by atoms with Crippen LogP contribution in [0.5, 0.6) is 0 Å². The van der Waals surface area contributed by atoms with E-state index in [9.17, 15) is 9.59 Å². The minimum Gasteiger partial charge on any atom is -0.481 e. The van der Waals surface area contributed by atoms with Gasteiger partial charge in [-0.15, -0.1) is 0 Å². The van der Waals surface area contributed by atoms with Gasteiger partial charge in [-0.05, 0) is 27.2 Å². The number of carboxylic acid groups (broad SMARTS) is 1. The number of unbranched alkanes of at least 4 members (excludes halogenated alkanes) is 2. The number of ether oxygens (including phenoxy) is 1. The van der Waals surface area contributed by atoms with Gasteiger partial charge >= 0.3 is 12.1 Å². The first-order valence-electron chi connectivity index (χ1n) is 6.46. The Balaban J connectivity index is 4.33. The van der Waals surface area contributed by atoms with Gasteiger partial charge in [0.15, 0.2) is 0 Å². The van der Waals surface area contributed by atoms with Gasteiger partial charge in [0.25, 0.3) is 0 Å². The summed E-state index contributed by atoms with van der Waals surface area (Å²) in [6.45, 7) is 8.23. The zero-order valence-corrected chi connectivity index (χ0v) is 11.9. The Morgan fingerprint density at radius 3 is 2.22 bits per heavy atom. The predicted molar refractivity (Wildman–Crippen MR) is 69.6 cm³/mol. The molecule has 0 unspecified atom stereocenters. The summed E-state index contributed by atoms with van der Waals surface area (Å²) < 4.78 is 5.26. The van der Waals surface area contributed by atoms with Gasteiger partial charge in [0.05, 0.1) is 6.42 Å². The molecule has 0 saturated heterocycles. The molecule has 0 aliphatic carbocycles. The average molecular weight is 259 g/mol. The molecular formula is C13H25NO4. The van der Waals surface area contributed by atoms with E-state index in [1.54, 1.807) is 20.8 Å². The van der Waals surface area contributed by atoms with Crippen molar-refractivity contribution in [3.8, 4) is 0 Å². The lowest BCUT2D eigenvalue weighted by atomic mass is 10.2. The quantitative estimate of drug-likeness (QED) is 0.714. The molecule has 0 fully saturated rings. The molecule has 0 aromatic heterocycles. The molecule has 0 rings (SSSR count). The van der Waals surface area contributed by atoms with Crippen LogP contribution >= 0.6 is 0 Å². The average Bonchev–Trinajstić information content (AvgIpc) is 2.20. The Bertz CT molecular complexity index is 271. The second-order valence-corrected chi connectivity index (χ2v) is 5.32. The fourth-order valence-electron chi connectivity index (χ4n) is 1.40. The minimum atomic E-state index is -0.904. The third kappa shape index (κ3) is 8.84. The van der Waals surface area contributed by atoms with Gasteiger partial charge < -0.3 is 14.7 Å². The second-order valence-electron chi connectivity index (χ2n) is 5.32. The molecule has 18 heavy (non-hydrogen) atoms. The number of nitrogens with zero attached hydrogens (tertiary/aromatic N) is 1.